The fraction of sp³-hybridized carbons (Fsp3) is 0. The molecule has 0 atom stereocenters. The van der Waals surface area contributed by atoms with E-state index in [-0.39, 0.29) is 0 Å². The van der Waals surface area contributed by atoms with Gasteiger partial charge in [0.25, 0.3) is 0 Å². The quantitative estimate of drug-likeness (QED) is 0.497. The third-order valence-electron chi connectivity index (χ3n) is 1.67. The Morgan fingerprint density at radius 1 is 0.625 bits per heavy atom. The molecular formula is C8H4S8. The average molecular weight is 357 g/mol. The van der Waals surface area contributed by atoms with Crippen LogP contribution in [0.4, 0.5) is 0 Å². The second-order valence-electron chi connectivity index (χ2n) is 2.68. The Bertz CT molecular complexity index is 430. The molecular weight excluding hydrogens is 353 g/mol. The van der Waals surface area contributed by atoms with Crippen molar-refractivity contribution in [3.8, 4) is 0 Å². The highest BCUT2D eigenvalue weighted by Gasteiger charge is 2.29. The molecule has 3 aliphatic heterocycles. The van der Waals surface area contributed by atoms with Crippen LogP contribution in [0.3, 0.4) is 0 Å². The van der Waals surface area contributed by atoms with E-state index in [4.69, 9.17) is 0 Å². The fourth-order valence-electron chi connectivity index (χ4n) is 1.05. The zero-order valence-corrected chi connectivity index (χ0v) is 14.2. The topological polar surface area (TPSA) is 0 Å². The second kappa shape index (κ2) is 5.40. The number of hydrogen-bond donors (Lipinski definition) is 2. The lowest BCUT2D eigenvalue weighted by molar-refractivity contribution is 2.31. The van der Waals surface area contributed by atoms with Crippen molar-refractivity contribution in [1.82, 2.24) is 0 Å². The van der Waals surface area contributed by atoms with Gasteiger partial charge in [-0.05, 0) is 10.8 Å². The van der Waals surface area contributed by atoms with E-state index in [2.05, 4.69) is 36.1 Å². The van der Waals surface area contributed by atoms with Crippen LogP contribution < -0.4 is 0 Å². The van der Waals surface area contributed by atoms with Gasteiger partial charge in [-0.3, -0.25) is 0 Å². The predicted molar refractivity (Wildman–Crippen MR) is 93.7 cm³/mol. The van der Waals surface area contributed by atoms with E-state index >= 15 is 0 Å². The van der Waals surface area contributed by atoms with E-state index in [0.717, 1.165) is 8.47 Å². The van der Waals surface area contributed by atoms with Crippen LogP contribution in [0.1, 0.15) is 0 Å². The summed E-state index contributed by atoms with van der Waals surface area (Å²) in [5, 5.41) is 4.29. The van der Waals surface area contributed by atoms with Crippen molar-refractivity contribution in [3.05, 3.63) is 36.2 Å². The van der Waals surface area contributed by atoms with E-state index in [1.54, 1.807) is 23.5 Å². The maximum atomic E-state index is 4.40. The van der Waals surface area contributed by atoms with Crippen molar-refractivity contribution in [2.24, 2.45) is 0 Å². The summed E-state index contributed by atoms with van der Waals surface area (Å²) in [7, 11) is 0. The molecule has 8 heteroatoms. The zero-order chi connectivity index (χ0) is 11.1. The lowest BCUT2D eigenvalue weighted by atomic mass is 11.2. The SMILES string of the molecule is SC1=C(S)SC(=C2SC3=C(SC=CS3)S2)S1. The first-order chi connectivity index (χ1) is 7.74. The Hall–Kier alpha value is 1.76. The summed E-state index contributed by atoms with van der Waals surface area (Å²) in [5.41, 5.74) is 0. The minimum atomic E-state index is 1.01. The Morgan fingerprint density at radius 2 is 1.06 bits per heavy atom. The predicted octanol–water partition coefficient (Wildman–Crippen LogP) is 6.14. The summed E-state index contributed by atoms with van der Waals surface area (Å²) in [5.74, 6) is 0. The van der Waals surface area contributed by atoms with E-state index in [9.17, 15) is 0 Å². The fourth-order valence-corrected chi connectivity index (χ4v) is 9.68. The van der Waals surface area contributed by atoms with Crippen molar-refractivity contribution in [1.29, 1.82) is 0 Å². The van der Waals surface area contributed by atoms with Gasteiger partial charge in [-0.15, -0.1) is 25.3 Å². The van der Waals surface area contributed by atoms with Gasteiger partial charge in [-0.2, -0.15) is 0 Å². The molecule has 0 unspecified atom stereocenters. The highest BCUT2D eigenvalue weighted by Crippen LogP contribution is 2.65. The molecule has 0 amide bonds. The van der Waals surface area contributed by atoms with Crippen LogP contribution in [0.15, 0.2) is 36.2 Å². The largest absolute Gasteiger partial charge is 0.135 e. The van der Waals surface area contributed by atoms with Crippen molar-refractivity contribution < 1.29 is 0 Å². The molecule has 3 heterocycles. The summed E-state index contributed by atoms with van der Waals surface area (Å²) < 4.78 is 7.55. The normalized spacial score (nSPS) is 24.9. The van der Waals surface area contributed by atoms with Crippen LogP contribution in [-0.4, -0.2) is 0 Å². The zero-order valence-electron chi connectivity index (χ0n) is 7.50. The van der Waals surface area contributed by atoms with Gasteiger partial charge in [-0.25, -0.2) is 0 Å². The van der Waals surface area contributed by atoms with Crippen molar-refractivity contribution >= 4 is 95.8 Å². The summed E-state index contributed by atoms with van der Waals surface area (Å²) >= 11 is 19.6. The molecule has 84 valence electrons. The first-order valence-electron chi connectivity index (χ1n) is 4.04. The standard InChI is InChI=1S/C8H4S8/c9-3-4(10)14-7(13-3)8-15-5-6(16-8)12-2-1-11-5/h1-2,9-10H. The Kier molecular flexibility index (Phi) is 4.31. The molecule has 0 spiro atoms. The van der Waals surface area contributed by atoms with Crippen LogP contribution in [0, 0.1) is 0 Å². The molecule has 3 rings (SSSR count). The molecule has 0 radical (unpaired) electrons. The van der Waals surface area contributed by atoms with Crippen molar-refractivity contribution in [3.63, 3.8) is 0 Å². The first kappa shape index (κ1) is 12.8. The van der Waals surface area contributed by atoms with Crippen LogP contribution >= 0.6 is 95.8 Å². The molecule has 0 fully saturated rings. The molecule has 0 aromatic rings. The highest BCUT2D eigenvalue weighted by atomic mass is 32.3. The molecule has 0 aromatic heterocycles. The Balaban J connectivity index is 1.79. The Labute approximate surface area is 131 Å². The maximum absolute atomic E-state index is 4.40. The molecule has 0 bridgehead atoms. The van der Waals surface area contributed by atoms with Gasteiger partial charge in [0.15, 0.2) is 0 Å². The number of rotatable bonds is 0. The molecule has 0 saturated heterocycles. The number of thioether (sulfide) groups is 6. The monoisotopic (exact) mass is 356 g/mol. The van der Waals surface area contributed by atoms with Gasteiger partial charge in [0.05, 0.1) is 25.4 Å². The average Bonchev–Trinajstić information content (AvgIpc) is 2.83. The number of thiol groups is 2. The minimum absolute atomic E-state index is 1.01. The van der Waals surface area contributed by atoms with Crippen LogP contribution in [0.25, 0.3) is 0 Å². The second-order valence-corrected chi connectivity index (χ2v) is 11.1. The first-order valence-corrected chi connectivity index (χ1v) is 9.96. The van der Waals surface area contributed by atoms with Crippen LogP contribution in [-0.2, 0) is 0 Å². The van der Waals surface area contributed by atoms with Gasteiger partial charge in [-0.1, -0.05) is 70.6 Å². The smallest absolute Gasteiger partial charge is 0.0718 e. The van der Waals surface area contributed by atoms with Gasteiger partial charge in [0, 0.05) is 0 Å². The summed E-state index contributed by atoms with van der Waals surface area (Å²) in [4.78, 5) is 0. The molecule has 0 nitrogen and oxygen atoms in total. The molecule has 0 aliphatic carbocycles. The van der Waals surface area contributed by atoms with Gasteiger partial charge in [0.1, 0.15) is 0 Å². The van der Waals surface area contributed by atoms with E-state index < -0.39 is 0 Å². The lowest BCUT2D eigenvalue weighted by Crippen LogP contribution is -1.68. The molecule has 0 aromatic carbocycles. The summed E-state index contributed by atoms with van der Waals surface area (Å²) in [6.45, 7) is 0. The molecule has 0 saturated carbocycles. The molecule has 3 aliphatic rings. The Morgan fingerprint density at radius 3 is 1.56 bits per heavy atom. The third kappa shape index (κ3) is 2.54. The van der Waals surface area contributed by atoms with Gasteiger partial charge >= 0.3 is 0 Å². The minimum Gasteiger partial charge on any atom is -0.135 e. The summed E-state index contributed by atoms with van der Waals surface area (Å²) in [6, 6.07) is 0. The van der Waals surface area contributed by atoms with E-state index in [1.165, 1.54) is 16.9 Å². The third-order valence-corrected chi connectivity index (χ3v) is 11.1. The molecule has 0 N–H and O–H groups in total. The van der Waals surface area contributed by atoms with Crippen molar-refractivity contribution in [2.45, 2.75) is 0 Å². The van der Waals surface area contributed by atoms with Crippen molar-refractivity contribution in [2.75, 3.05) is 0 Å². The maximum Gasteiger partial charge on any atom is 0.0718 e. The molecule has 16 heavy (non-hydrogen) atoms. The van der Waals surface area contributed by atoms with Gasteiger partial charge in [0.2, 0.25) is 0 Å². The van der Waals surface area contributed by atoms with E-state index in [1.807, 2.05) is 47.0 Å². The van der Waals surface area contributed by atoms with E-state index in [0.29, 0.717) is 0 Å². The van der Waals surface area contributed by atoms with Crippen LogP contribution in [0.5, 0.6) is 0 Å². The lowest BCUT2D eigenvalue weighted by Gasteiger charge is -2.02. The summed E-state index contributed by atoms with van der Waals surface area (Å²) in [6.07, 6.45) is 0. The van der Waals surface area contributed by atoms with Gasteiger partial charge < -0.3 is 0 Å². The van der Waals surface area contributed by atoms with Crippen LogP contribution in [0.2, 0.25) is 0 Å². The highest BCUT2D eigenvalue weighted by molar-refractivity contribution is 8.44. The number of hydrogen-bond acceptors (Lipinski definition) is 8.